The zero-order chi connectivity index (χ0) is 27.1. The van der Waals surface area contributed by atoms with Crippen LogP contribution in [0.4, 0.5) is 15.8 Å². The molecule has 0 unspecified atom stereocenters. The Morgan fingerprint density at radius 2 is 2.05 bits per heavy atom. The first-order valence-corrected chi connectivity index (χ1v) is 13.4. The van der Waals surface area contributed by atoms with Crippen LogP contribution in [0, 0.1) is 12.7 Å². The number of carbonyl (C=O) groups excluding carboxylic acids is 1. The van der Waals surface area contributed by atoms with Crippen LogP contribution in [0.15, 0.2) is 36.8 Å². The molecular weight excluding hydrogens is 501 g/mol. The molecule has 10 nitrogen and oxygen atoms in total. The second-order valence-electron chi connectivity index (χ2n) is 10.5. The third-order valence-electron chi connectivity index (χ3n) is 7.16. The van der Waals surface area contributed by atoms with Gasteiger partial charge in [-0.1, -0.05) is 0 Å². The van der Waals surface area contributed by atoms with Crippen molar-refractivity contribution in [3.8, 4) is 6.01 Å². The Hall–Kier alpha value is -3.83. The molecule has 6 rings (SSSR count). The Labute approximate surface area is 225 Å². The van der Waals surface area contributed by atoms with Gasteiger partial charge in [0.05, 0.1) is 28.6 Å². The van der Waals surface area contributed by atoms with Gasteiger partial charge in [-0.2, -0.15) is 4.98 Å². The van der Waals surface area contributed by atoms with Gasteiger partial charge in [0.25, 0.3) is 5.91 Å². The summed E-state index contributed by atoms with van der Waals surface area (Å²) in [5.41, 5.74) is 2.98. The Morgan fingerprint density at radius 1 is 1.23 bits per heavy atom. The summed E-state index contributed by atoms with van der Waals surface area (Å²) in [6.07, 6.45) is 7.02. The number of aryl methyl sites for hydroxylation is 1. The van der Waals surface area contributed by atoms with E-state index < -0.39 is 11.7 Å². The van der Waals surface area contributed by atoms with Gasteiger partial charge in [0, 0.05) is 67.5 Å². The summed E-state index contributed by atoms with van der Waals surface area (Å²) in [5, 5.41) is 7.13. The van der Waals surface area contributed by atoms with Gasteiger partial charge in [-0.15, -0.1) is 0 Å². The van der Waals surface area contributed by atoms with E-state index in [-0.39, 0.29) is 17.8 Å². The van der Waals surface area contributed by atoms with Crippen LogP contribution in [0.25, 0.3) is 16.6 Å². The summed E-state index contributed by atoms with van der Waals surface area (Å²) < 4.78 is 27.8. The van der Waals surface area contributed by atoms with Crippen molar-refractivity contribution >= 4 is 33.8 Å². The topological polar surface area (TPSA) is 106 Å². The molecule has 39 heavy (non-hydrogen) atoms. The highest BCUT2D eigenvalue weighted by atomic mass is 19.1. The molecule has 2 aliphatic rings. The average Bonchev–Trinajstić information content (AvgIpc) is 3.55. The number of benzene rings is 1. The van der Waals surface area contributed by atoms with Crippen molar-refractivity contribution in [2.45, 2.75) is 51.8 Å². The maximum absolute atomic E-state index is 14.7. The number of carbonyl (C=O) groups is 1. The standard InChI is InChI=1S/C28H32FN7O3/c1-16-11-35(12-17(2)31-16)24-7-6-21(25-22(24)10-30-28(34-25)39-15-20-5-4-8-38-20)27(37)33-19-9-23(29)26-32-18(3)13-36(26)14-19/h6-7,9-10,13-14,16-17,20,31H,4-5,8,11-12,15H2,1-3H3,(H,33,37)/t16-,17-,20-/m1/s1. The quantitative estimate of drug-likeness (QED) is 0.386. The Kier molecular flexibility index (Phi) is 6.78. The molecule has 11 heteroatoms. The van der Waals surface area contributed by atoms with E-state index in [2.05, 4.69) is 44.3 Å². The number of aromatic nitrogens is 4. The second kappa shape index (κ2) is 10.4. The number of ether oxygens (including phenoxy) is 2. The normalized spacial score (nSPS) is 21.5. The molecule has 3 aromatic heterocycles. The minimum Gasteiger partial charge on any atom is -0.461 e. The molecule has 0 radical (unpaired) electrons. The number of halogens is 1. The number of nitrogens with one attached hydrogen (secondary N) is 2. The number of hydrogen-bond acceptors (Lipinski definition) is 8. The molecule has 2 aliphatic heterocycles. The van der Waals surface area contributed by atoms with E-state index in [4.69, 9.17) is 9.47 Å². The van der Waals surface area contributed by atoms with Crippen LogP contribution >= 0.6 is 0 Å². The van der Waals surface area contributed by atoms with Gasteiger partial charge >= 0.3 is 6.01 Å². The lowest BCUT2D eigenvalue weighted by atomic mass is 10.0. The first-order valence-electron chi connectivity index (χ1n) is 13.4. The summed E-state index contributed by atoms with van der Waals surface area (Å²) >= 11 is 0. The first kappa shape index (κ1) is 25.4. The van der Waals surface area contributed by atoms with Gasteiger partial charge in [-0.3, -0.25) is 4.79 Å². The molecule has 204 valence electrons. The van der Waals surface area contributed by atoms with Crippen LogP contribution in [-0.2, 0) is 4.74 Å². The van der Waals surface area contributed by atoms with Crippen molar-refractivity contribution in [3.63, 3.8) is 0 Å². The molecule has 2 fully saturated rings. The van der Waals surface area contributed by atoms with Gasteiger partial charge in [-0.25, -0.2) is 14.4 Å². The predicted octanol–water partition coefficient (Wildman–Crippen LogP) is 3.72. The van der Waals surface area contributed by atoms with E-state index in [1.807, 2.05) is 6.07 Å². The van der Waals surface area contributed by atoms with E-state index in [1.54, 1.807) is 36.0 Å². The minimum atomic E-state index is -0.518. The van der Waals surface area contributed by atoms with E-state index in [0.29, 0.717) is 41.2 Å². The predicted molar refractivity (Wildman–Crippen MR) is 146 cm³/mol. The van der Waals surface area contributed by atoms with Gasteiger partial charge in [0.2, 0.25) is 0 Å². The van der Waals surface area contributed by atoms with Crippen molar-refractivity contribution in [2.75, 3.05) is 36.5 Å². The molecule has 0 saturated carbocycles. The summed E-state index contributed by atoms with van der Waals surface area (Å²) in [4.78, 5) is 29.2. The number of hydrogen-bond donors (Lipinski definition) is 2. The third-order valence-corrected chi connectivity index (χ3v) is 7.16. The van der Waals surface area contributed by atoms with Crippen molar-refractivity contribution in [1.82, 2.24) is 24.7 Å². The average molecular weight is 534 g/mol. The van der Waals surface area contributed by atoms with Gasteiger partial charge in [0.15, 0.2) is 11.5 Å². The molecule has 1 amide bonds. The summed E-state index contributed by atoms with van der Waals surface area (Å²) in [6.45, 7) is 8.79. The van der Waals surface area contributed by atoms with Crippen LogP contribution in [0.5, 0.6) is 6.01 Å². The maximum atomic E-state index is 14.7. The zero-order valence-corrected chi connectivity index (χ0v) is 22.3. The Bertz CT molecular complexity index is 1520. The van der Waals surface area contributed by atoms with E-state index in [1.165, 1.54) is 6.07 Å². The molecule has 3 atom stereocenters. The highest BCUT2D eigenvalue weighted by Crippen LogP contribution is 2.31. The van der Waals surface area contributed by atoms with E-state index >= 15 is 0 Å². The third kappa shape index (κ3) is 5.24. The monoisotopic (exact) mass is 533 g/mol. The second-order valence-corrected chi connectivity index (χ2v) is 10.5. The fourth-order valence-electron chi connectivity index (χ4n) is 5.53. The molecule has 0 aliphatic carbocycles. The SMILES string of the molecule is Cc1cn2cc(NC(=O)c3ccc(N4C[C@@H](C)N[C@H](C)C4)c4cnc(OC[C@H]5CCCO5)nc34)cc(F)c2n1. The van der Waals surface area contributed by atoms with Crippen LogP contribution in [-0.4, -0.2) is 69.8 Å². The Morgan fingerprint density at radius 3 is 2.82 bits per heavy atom. The van der Waals surface area contributed by atoms with Gasteiger partial charge in [-0.05, 0) is 45.7 Å². The lowest BCUT2D eigenvalue weighted by Crippen LogP contribution is -2.54. The van der Waals surface area contributed by atoms with Crippen LogP contribution < -0.4 is 20.3 Å². The van der Waals surface area contributed by atoms with E-state index in [9.17, 15) is 9.18 Å². The van der Waals surface area contributed by atoms with Crippen LogP contribution in [0.2, 0.25) is 0 Å². The molecule has 5 heterocycles. The Balaban J connectivity index is 1.36. The maximum Gasteiger partial charge on any atom is 0.317 e. The number of nitrogens with zero attached hydrogens (tertiary/aromatic N) is 5. The molecule has 2 N–H and O–H groups in total. The molecule has 1 aromatic carbocycles. The highest BCUT2D eigenvalue weighted by molar-refractivity contribution is 6.13. The molecular formula is C28H32FN7O3. The largest absolute Gasteiger partial charge is 0.461 e. The van der Waals surface area contributed by atoms with Crippen LogP contribution in [0.3, 0.4) is 0 Å². The number of fused-ring (bicyclic) bond motifs is 2. The number of rotatable bonds is 6. The molecule has 4 aromatic rings. The molecule has 0 spiro atoms. The summed E-state index contributed by atoms with van der Waals surface area (Å²) in [7, 11) is 0. The molecule has 0 bridgehead atoms. The number of piperazine rings is 1. The van der Waals surface area contributed by atoms with Crippen molar-refractivity contribution < 1.29 is 18.7 Å². The van der Waals surface area contributed by atoms with Crippen LogP contribution in [0.1, 0.15) is 42.7 Å². The number of anilines is 2. The number of pyridine rings is 1. The van der Waals surface area contributed by atoms with Crippen molar-refractivity contribution in [3.05, 3.63) is 53.9 Å². The lowest BCUT2D eigenvalue weighted by Gasteiger charge is -2.38. The zero-order valence-electron chi connectivity index (χ0n) is 22.3. The smallest absolute Gasteiger partial charge is 0.317 e. The fourth-order valence-corrected chi connectivity index (χ4v) is 5.53. The molecule has 2 saturated heterocycles. The first-order chi connectivity index (χ1) is 18.8. The van der Waals surface area contributed by atoms with Crippen molar-refractivity contribution in [2.24, 2.45) is 0 Å². The minimum absolute atomic E-state index is 0.0128. The van der Waals surface area contributed by atoms with Gasteiger partial charge < -0.3 is 29.4 Å². The van der Waals surface area contributed by atoms with Crippen molar-refractivity contribution in [1.29, 1.82) is 0 Å². The highest BCUT2D eigenvalue weighted by Gasteiger charge is 2.25. The number of imidazole rings is 1. The van der Waals surface area contributed by atoms with E-state index in [0.717, 1.165) is 43.6 Å². The van der Waals surface area contributed by atoms with Gasteiger partial charge in [0.1, 0.15) is 6.61 Å². The summed E-state index contributed by atoms with van der Waals surface area (Å²) in [5.74, 6) is -0.928. The number of amides is 1. The lowest BCUT2D eigenvalue weighted by molar-refractivity contribution is 0.0646. The summed E-state index contributed by atoms with van der Waals surface area (Å²) in [6, 6.07) is 5.76. The fraction of sp³-hybridized carbons (Fsp3) is 0.429.